The minimum absolute atomic E-state index is 0. The zero-order valence-electron chi connectivity index (χ0n) is 14.1. The molecule has 1 aromatic rings. The van der Waals surface area contributed by atoms with Gasteiger partial charge in [0, 0.05) is 29.5 Å². The largest absolute Gasteiger partial charge is 0.379 e. The van der Waals surface area contributed by atoms with Crippen LogP contribution in [-0.4, -0.2) is 32.3 Å². The molecular formula is C16H30IN3OS. The number of nitrogens with zero attached hydrogens (tertiary/aromatic N) is 1. The van der Waals surface area contributed by atoms with Gasteiger partial charge in [0.25, 0.3) is 0 Å². The summed E-state index contributed by atoms with van der Waals surface area (Å²) in [6, 6.07) is 4.36. The smallest absolute Gasteiger partial charge is 0.191 e. The van der Waals surface area contributed by atoms with Crippen LogP contribution in [0.3, 0.4) is 0 Å². The van der Waals surface area contributed by atoms with E-state index in [1.807, 2.05) is 11.3 Å². The van der Waals surface area contributed by atoms with E-state index in [4.69, 9.17) is 4.74 Å². The van der Waals surface area contributed by atoms with Crippen LogP contribution in [0.4, 0.5) is 0 Å². The number of rotatable bonds is 9. The van der Waals surface area contributed by atoms with Gasteiger partial charge in [0.1, 0.15) is 0 Å². The molecule has 0 spiro atoms. The van der Waals surface area contributed by atoms with Gasteiger partial charge in [0.2, 0.25) is 0 Å². The molecule has 128 valence electrons. The Bertz CT molecular complexity index is 421. The van der Waals surface area contributed by atoms with E-state index in [0.717, 1.165) is 38.6 Å². The van der Waals surface area contributed by atoms with E-state index in [-0.39, 0.29) is 24.0 Å². The fourth-order valence-corrected chi connectivity index (χ4v) is 2.64. The highest BCUT2D eigenvalue weighted by atomic mass is 127. The Balaban J connectivity index is 0.00000441. The van der Waals surface area contributed by atoms with Gasteiger partial charge in [0.15, 0.2) is 5.96 Å². The minimum Gasteiger partial charge on any atom is -0.379 e. The van der Waals surface area contributed by atoms with Crippen molar-refractivity contribution in [3.05, 3.63) is 21.9 Å². The summed E-state index contributed by atoms with van der Waals surface area (Å²) < 4.78 is 5.56. The molecule has 0 bridgehead atoms. The van der Waals surface area contributed by atoms with Crippen LogP contribution in [0.25, 0.3) is 0 Å². The number of nitrogens with one attached hydrogen (secondary N) is 2. The summed E-state index contributed by atoms with van der Waals surface area (Å²) >= 11 is 1.84. The van der Waals surface area contributed by atoms with Crippen molar-refractivity contribution in [3.8, 4) is 0 Å². The second-order valence-electron chi connectivity index (χ2n) is 5.31. The first kappa shape index (κ1) is 21.7. The number of halogens is 1. The quantitative estimate of drug-likeness (QED) is 0.267. The predicted octanol–water partition coefficient (Wildman–Crippen LogP) is 3.66. The summed E-state index contributed by atoms with van der Waals surface area (Å²) in [5.41, 5.74) is 0. The highest BCUT2D eigenvalue weighted by Crippen LogP contribution is 2.17. The zero-order chi connectivity index (χ0) is 15.5. The van der Waals surface area contributed by atoms with Crippen molar-refractivity contribution < 1.29 is 4.74 Å². The second-order valence-corrected chi connectivity index (χ2v) is 6.57. The van der Waals surface area contributed by atoms with Crippen molar-refractivity contribution >= 4 is 41.3 Å². The average Bonchev–Trinajstić information content (AvgIpc) is 2.92. The third kappa shape index (κ3) is 9.63. The third-order valence-corrected chi connectivity index (χ3v) is 4.01. The van der Waals surface area contributed by atoms with E-state index in [2.05, 4.69) is 55.5 Å². The molecule has 1 aromatic heterocycles. The average molecular weight is 439 g/mol. The Hall–Kier alpha value is -0.340. The van der Waals surface area contributed by atoms with Crippen LogP contribution < -0.4 is 10.6 Å². The van der Waals surface area contributed by atoms with E-state index >= 15 is 0 Å². The molecule has 0 unspecified atom stereocenters. The molecule has 1 heterocycles. The molecule has 0 saturated carbocycles. The third-order valence-electron chi connectivity index (χ3n) is 2.79. The van der Waals surface area contributed by atoms with Crippen LogP contribution in [0.1, 0.15) is 37.4 Å². The molecule has 0 aliphatic carbocycles. The number of thiophene rings is 1. The topological polar surface area (TPSA) is 45.7 Å². The molecule has 1 rings (SSSR count). The van der Waals surface area contributed by atoms with Crippen molar-refractivity contribution in [2.75, 3.05) is 26.3 Å². The first-order valence-corrected chi connectivity index (χ1v) is 8.64. The van der Waals surface area contributed by atoms with Gasteiger partial charge in [-0.25, -0.2) is 4.99 Å². The Morgan fingerprint density at radius 2 is 1.95 bits per heavy atom. The van der Waals surface area contributed by atoms with E-state index < -0.39 is 0 Å². The molecule has 6 heteroatoms. The molecule has 0 atom stereocenters. The first-order chi connectivity index (χ1) is 10.2. The van der Waals surface area contributed by atoms with Crippen molar-refractivity contribution in [3.63, 3.8) is 0 Å². The summed E-state index contributed by atoms with van der Waals surface area (Å²) in [5.74, 6) is 1.44. The van der Waals surface area contributed by atoms with Crippen LogP contribution in [0, 0.1) is 5.92 Å². The fourth-order valence-electron chi connectivity index (χ4n) is 1.76. The fraction of sp³-hybridized carbons (Fsp3) is 0.688. The maximum Gasteiger partial charge on any atom is 0.191 e. The molecule has 2 N–H and O–H groups in total. The lowest BCUT2D eigenvalue weighted by Gasteiger charge is -2.12. The molecule has 0 amide bonds. The lowest BCUT2D eigenvalue weighted by Crippen LogP contribution is -2.39. The van der Waals surface area contributed by atoms with Crippen LogP contribution >= 0.6 is 35.3 Å². The molecular weight excluding hydrogens is 409 g/mol. The van der Waals surface area contributed by atoms with Gasteiger partial charge in [-0.2, -0.15) is 0 Å². The van der Waals surface area contributed by atoms with Crippen LogP contribution in [0.2, 0.25) is 0 Å². The molecule has 0 aromatic carbocycles. The predicted molar refractivity (Wildman–Crippen MR) is 108 cm³/mol. The standard InChI is InChI=1S/C16H29N3OS.HI/c1-5-14-7-8-15(21-14)11-19-16(17-6-2)18-9-10-20-12-13(3)4;/h7-8,13H,5-6,9-12H2,1-4H3,(H2,17,18,19);1H. The molecule has 4 nitrogen and oxygen atoms in total. The summed E-state index contributed by atoms with van der Waals surface area (Å²) in [5, 5.41) is 6.57. The number of guanidine groups is 1. The van der Waals surface area contributed by atoms with Gasteiger partial charge in [-0.05, 0) is 31.4 Å². The SMILES string of the molecule is CCNC(=NCc1ccc(CC)s1)NCCOCC(C)C.I. The van der Waals surface area contributed by atoms with Crippen molar-refractivity contribution in [2.24, 2.45) is 10.9 Å². The number of aliphatic imine (C=N–C) groups is 1. The van der Waals surface area contributed by atoms with Crippen molar-refractivity contribution in [1.29, 1.82) is 0 Å². The van der Waals surface area contributed by atoms with Gasteiger partial charge in [0.05, 0.1) is 13.2 Å². The van der Waals surface area contributed by atoms with Gasteiger partial charge in [-0.3, -0.25) is 0 Å². The first-order valence-electron chi connectivity index (χ1n) is 7.83. The molecule has 0 saturated heterocycles. The number of hydrogen-bond acceptors (Lipinski definition) is 3. The van der Waals surface area contributed by atoms with Crippen LogP contribution in [0.15, 0.2) is 17.1 Å². The molecule has 0 aliphatic heterocycles. The minimum atomic E-state index is 0. The summed E-state index contributed by atoms with van der Waals surface area (Å²) in [6.45, 7) is 12.5. The Morgan fingerprint density at radius 3 is 2.55 bits per heavy atom. The maximum atomic E-state index is 5.56. The van der Waals surface area contributed by atoms with Crippen LogP contribution in [-0.2, 0) is 17.7 Å². The summed E-state index contributed by atoms with van der Waals surface area (Å²) in [4.78, 5) is 7.34. The van der Waals surface area contributed by atoms with Gasteiger partial charge in [-0.1, -0.05) is 20.8 Å². The molecule has 0 fully saturated rings. The number of aryl methyl sites for hydroxylation is 1. The van der Waals surface area contributed by atoms with Crippen molar-refractivity contribution in [2.45, 2.75) is 40.7 Å². The van der Waals surface area contributed by atoms with Crippen molar-refractivity contribution in [1.82, 2.24) is 10.6 Å². The van der Waals surface area contributed by atoms with Gasteiger partial charge in [-0.15, -0.1) is 35.3 Å². The Kier molecular flexibility index (Phi) is 12.9. The molecule has 22 heavy (non-hydrogen) atoms. The highest BCUT2D eigenvalue weighted by Gasteiger charge is 2.00. The summed E-state index contributed by atoms with van der Waals surface area (Å²) in [6.07, 6.45) is 1.10. The molecule has 0 radical (unpaired) electrons. The second kappa shape index (κ2) is 13.1. The lowest BCUT2D eigenvalue weighted by atomic mass is 10.2. The summed E-state index contributed by atoms with van der Waals surface area (Å²) in [7, 11) is 0. The van der Waals surface area contributed by atoms with E-state index in [1.54, 1.807) is 0 Å². The monoisotopic (exact) mass is 439 g/mol. The van der Waals surface area contributed by atoms with E-state index in [0.29, 0.717) is 12.5 Å². The molecule has 0 aliphatic rings. The Morgan fingerprint density at radius 1 is 1.23 bits per heavy atom. The van der Waals surface area contributed by atoms with Gasteiger partial charge >= 0.3 is 0 Å². The number of ether oxygens (including phenoxy) is 1. The van der Waals surface area contributed by atoms with Crippen LogP contribution in [0.5, 0.6) is 0 Å². The van der Waals surface area contributed by atoms with E-state index in [9.17, 15) is 0 Å². The highest BCUT2D eigenvalue weighted by molar-refractivity contribution is 14.0. The lowest BCUT2D eigenvalue weighted by molar-refractivity contribution is 0.114. The van der Waals surface area contributed by atoms with Gasteiger partial charge < -0.3 is 15.4 Å². The van der Waals surface area contributed by atoms with E-state index in [1.165, 1.54) is 9.75 Å². The normalized spacial score (nSPS) is 11.4. The number of hydrogen-bond donors (Lipinski definition) is 2. The maximum absolute atomic E-state index is 5.56. The zero-order valence-corrected chi connectivity index (χ0v) is 17.3. The Labute approximate surface area is 156 Å².